The number of carbonyl (C=O) groups is 1. The summed E-state index contributed by atoms with van der Waals surface area (Å²) in [6, 6.07) is 7.30. The minimum absolute atomic E-state index is 0.431. The van der Waals surface area contributed by atoms with Crippen molar-refractivity contribution in [2.24, 2.45) is 0 Å². The van der Waals surface area contributed by atoms with Crippen LogP contribution in [0.5, 0.6) is 5.75 Å². The summed E-state index contributed by atoms with van der Waals surface area (Å²) in [5.74, 6) is 0.431. The highest BCUT2D eigenvalue weighted by atomic mass is 35.5. The molecule has 0 atom stereocenters. The summed E-state index contributed by atoms with van der Waals surface area (Å²) < 4.78 is 16.8. The van der Waals surface area contributed by atoms with Crippen LogP contribution >= 0.6 is 11.6 Å². The molecule has 0 radical (unpaired) electrons. The Kier molecular flexibility index (Phi) is 8.63. The second-order valence-electron chi connectivity index (χ2n) is 7.74. The largest absolute Gasteiger partial charge is 0.416 e. The first-order valence-electron chi connectivity index (χ1n) is 8.46. The fourth-order valence-corrected chi connectivity index (χ4v) is 3.61. The molecule has 0 saturated heterocycles. The second-order valence-corrected chi connectivity index (χ2v) is 17.1. The third-order valence-electron chi connectivity index (χ3n) is 3.19. The molecule has 8 heteroatoms. The summed E-state index contributed by atoms with van der Waals surface area (Å²) in [4.78, 5) is 13.0. The van der Waals surface area contributed by atoms with Gasteiger partial charge in [0.15, 0.2) is 16.6 Å². The van der Waals surface area contributed by atoms with E-state index in [1.54, 1.807) is 12.1 Å². The molecule has 0 saturated carbocycles. The number of hydrogen-bond acceptors (Lipinski definition) is 5. The molecule has 0 spiro atoms. The van der Waals surface area contributed by atoms with E-state index >= 15 is 0 Å². The van der Waals surface area contributed by atoms with E-state index in [1.165, 1.54) is 0 Å². The molecule has 0 aliphatic heterocycles. The predicted molar refractivity (Wildman–Crippen MR) is 109 cm³/mol. The molecule has 5 nitrogen and oxygen atoms in total. The number of halogens is 1. The van der Waals surface area contributed by atoms with Crippen molar-refractivity contribution in [1.29, 1.82) is 0 Å². The van der Waals surface area contributed by atoms with Crippen LogP contribution in [-0.4, -0.2) is 48.4 Å². The summed E-state index contributed by atoms with van der Waals surface area (Å²) in [6.07, 6.45) is 0. The third kappa shape index (κ3) is 10.7. The lowest BCUT2D eigenvalue weighted by Crippen LogP contribution is -2.37. The van der Waals surface area contributed by atoms with Crippen molar-refractivity contribution < 1.29 is 18.4 Å². The number of nitrogens with zero attached hydrogens (tertiary/aromatic N) is 1. The maximum absolute atomic E-state index is 10.8. The molecule has 25 heavy (non-hydrogen) atoms. The van der Waals surface area contributed by atoms with E-state index in [0.717, 1.165) is 18.8 Å². The van der Waals surface area contributed by atoms with Gasteiger partial charge in [-0.2, -0.15) is 0 Å². The lowest BCUT2D eigenvalue weighted by Gasteiger charge is -2.28. The number of hydrogen-bond donors (Lipinski definition) is 0. The Morgan fingerprint density at radius 3 is 1.72 bits per heavy atom. The lowest BCUT2D eigenvalue weighted by atomic mass is 10.2. The number of carbonyl (C=O) groups excluding carboxylic acids is 1. The summed E-state index contributed by atoms with van der Waals surface area (Å²) >= 11 is 5.24. The molecule has 0 N–H and O–H groups in total. The third-order valence-corrected chi connectivity index (χ3v) is 5.41. The molecule has 0 aliphatic rings. The van der Waals surface area contributed by atoms with Crippen molar-refractivity contribution in [2.75, 3.05) is 31.2 Å². The van der Waals surface area contributed by atoms with Crippen LogP contribution in [0.1, 0.15) is 0 Å². The van der Waals surface area contributed by atoms with Crippen molar-refractivity contribution in [2.45, 2.75) is 39.3 Å². The van der Waals surface area contributed by atoms with Gasteiger partial charge in [-0.25, -0.2) is 4.79 Å². The van der Waals surface area contributed by atoms with Gasteiger partial charge in [-0.15, -0.1) is 0 Å². The van der Waals surface area contributed by atoms with E-state index in [-0.39, 0.29) is 0 Å². The molecule has 0 amide bonds. The fourth-order valence-electron chi connectivity index (χ4n) is 2.11. The number of anilines is 1. The van der Waals surface area contributed by atoms with Gasteiger partial charge in [0.25, 0.3) is 0 Å². The molecule has 142 valence electrons. The van der Waals surface area contributed by atoms with Crippen LogP contribution in [0.25, 0.3) is 0 Å². The van der Waals surface area contributed by atoms with Gasteiger partial charge in [0.05, 0.1) is 13.2 Å². The maximum Gasteiger partial charge on any atom is 0.409 e. The van der Waals surface area contributed by atoms with Crippen LogP contribution in [0, 0.1) is 0 Å². The highest BCUT2D eigenvalue weighted by Gasteiger charge is 2.17. The van der Waals surface area contributed by atoms with Crippen LogP contribution in [0.4, 0.5) is 10.5 Å². The molecule has 0 aromatic heterocycles. The Morgan fingerprint density at radius 1 is 0.920 bits per heavy atom. The molecule has 1 rings (SSSR count). The number of ether oxygens (including phenoxy) is 1. The van der Waals surface area contributed by atoms with E-state index in [4.69, 9.17) is 25.2 Å². The van der Waals surface area contributed by atoms with Gasteiger partial charge >= 0.3 is 5.43 Å². The fraction of sp³-hybridized carbons (Fsp3) is 0.588. The van der Waals surface area contributed by atoms with Gasteiger partial charge in [-0.1, -0.05) is 0 Å². The summed E-state index contributed by atoms with van der Waals surface area (Å²) in [5, 5.41) is 0. The minimum Gasteiger partial charge on any atom is -0.416 e. The highest BCUT2D eigenvalue weighted by Crippen LogP contribution is 2.20. The topological polar surface area (TPSA) is 48.0 Å². The smallest absolute Gasteiger partial charge is 0.409 e. The van der Waals surface area contributed by atoms with Crippen LogP contribution in [0.3, 0.4) is 0 Å². The summed E-state index contributed by atoms with van der Waals surface area (Å²) in [6.45, 7) is 16.0. The quantitative estimate of drug-likeness (QED) is 0.409. The van der Waals surface area contributed by atoms with Gasteiger partial charge < -0.3 is 18.5 Å². The molecular weight excluding hydrogens is 374 g/mol. The number of rotatable bonds is 10. The standard InChI is InChI=1S/C17H30ClNO4Si2/c1-24(2,3)21-13-11-19(12-14-22-25(4,5)6)15-7-9-16(10-8-15)23-17(18)20/h7-10H,11-14H2,1-6H3. The van der Waals surface area contributed by atoms with E-state index in [9.17, 15) is 4.79 Å². The van der Waals surface area contributed by atoms with Crippen LogP contribution < -0.4 is 9.64 Å². The Balaban J connectivity index is 2.72. The van der Waals surface area contributed by atoms with Crippen molar-refractivity contribution in [3.63, 3.8) is 0 Å². The van der Waals surface area contributed by atoms with Crippen molar-refractivity contribution >= 4 is 39.4 Å². The van der Waals surface area contributed by atoms with E-state index < -0.39 is 22.1 Å². The predicted octanol–water partition coefficient (Wildman–Crippen LogP) is 4.93. The normalized spacial score (nSPS) is 12.1. The molecule has 0 heterocycles. The molecule has 1 aromatic rings. The first-order valence-corrected chi connectivity index (χ1v) is 15.7. The Morgan fingerprint density at radius 2 is 1.36 bits per heavy atom. The van der Waals surface area contributed by atoms with E-state index in [1.807, 2.05) is 12.1 Å². The second kappa shape index (κ2) is 9.73. The Labute approximate surface area is 158 Å². The van der Waals surface area contributed by atoms with E-state index in [2.05, 4.69) is 44.2 Å². The van der Waals surface area contributed by atoms with Crippen molar-refractivity contribution in [1.82, 2.24) is 0 Å². The summed E-state index contributed by atoms with van der Waals surface area (Å²) in [5.41, 5.74) is 0.199. The molecule has 1 aromatic carbocycles. The average Bonchev–Trinajstić information content (AvgIpc) is 2.43. The highest BCUT2D eigenvalue weighted by molar-refractivity contribution is 6.70. The van der Waals surface area contributed by atoms with Gasteiger partial charge in [0.1, 0.15) is 5.75 Å². The molecule has 0 fully saturated rings. The average molecular weight is 404 g/mol. The molecule has 0 unspecified atom stereocenters. The van der Waals surface area contributed by atoms with Crippen LogP contribution in [-0.2, 0) is 8.85 Å². The zero-order chi connectivity index (χ0) is 19.1. The van der Waals surface area contributed by atoms with Gasteiger partial charge in [0.2, 0.25) is 0 Å². The summed E-state index contributed by atoms with van der Waals surface area (Å²) in [7, 11) is -3.07. The molecular formula is C17H30ClNO4Si2. The Hall–Kier alpha value is -0.866. The zero-order valence-corrected chi connectivity index (χ0v) is 18.9. The van der Waals surface area contributed by atoms with Crippen molar-refractivity contribution in [3.8, 4) is 5.75 Å². The maximum atomic E-state index is 10.8. The monoisotopic (exact) mass is 403 g/mol. The first kappa shape index (κ1) is 22.2. The molecule has 0 bridgehead atoms. The van der Waals surface area contributed by atoms with Crippen molar-refractivity contribution in [3.05, 3.63) is 24.3 Å². The van der Waals surface area contributed by atoms with Crippen LogP contribution in [0.15, 0.2) is 24.3 Å². The minimum atomic E-state index is -1.54. The number of benzene rings is 1. The SMILES string of the molecule is C[Si](C)(C)OCCN(CCO[Si](C)(C)C)c1ccc(OC(=O)Cl)cc1. The Bertz CT molecular complexity index is 521. The van der Waals surface area contributed by atoms with Gasteiger partial charge in [-0.3, -0.25) is 0 Å². The van der Waals surface area contributed by atoms with Crippen LogP contribution in [0.2, 0.25) is 39.3 Å². The van der Waals surface area contributed by atoms with E-state index in [0.29, 0.717) is 19.0 Å². The zero-order valence-electron chi connectivity index (χ0n) is 16.1. The van der Waals surface area contributed by atoms with Gasteiger partial charge in [0, 0.05) is 30.4 Å². The first-order chi connectivity index (χ1) is 11.5. The molecule has 0 aliphatic carbocycles. The lowest BCUT2D eigenvalue weighted by molar-refractivity contribution is 0.225. The van der Waals surface area contributed by atoms with Gasteiger partial charge in [-0.05, 0) is 63.5 Å².